The van der Waals surface area contributed by atoms with E-state index in [1.165, 1.54) is 0 Å². The molecule has 3 nitrogen and oxygen atoms in total. The molecule has 0 aromatic rings. The first kappa shape index (κ1) is 14.8. The maximum absolute atomic E-state index is 11.6. The van der Waals surface area contributed by atoms with E-state index in [0.717, 1.165) is 17.9 Å². The molecule has 0 aromatic heterocycles. The summed E-state index contributed by atoms with van der Waals surface area (Å²) in [4.78, 5) is 11.6. The number of nitrogens with one attached hydrogen (secondary N) is 1. The molecule has 2 unspecified atom stereocenters. The zero-order valence-electron chi connectivity index (χ0n) is 10.2. The molecule has 3 N–H and O–H groups in total. The Balaban J connectivity index is 3.80. The van der Waals surface area contributed by atoms with Gasteiger partial charge >= 0.3 is 0 Å². The fourth-order valence-electron chi connectivity index (χ4n) is 1.30. The molecule has 0 rings (SSSR count). The molecule has 1 amide bonds. The number of amides is 1. The van der Waals surface area contributed by atoms with Gasteiger partial charge in [0.25, 0.3) is 0 Å². The van der Waals surface area contributed by atoms with Crippen LogP contribution in [0.1, 0.15) is 34.1 Å². The monoisotopic (exact) mass is 232 g/mol. The van der Waals surface area contributed by atoms with Gasteiger partial charge in [-0.15, -0.1) is 0 Å². The smallest absolute Gasteiger partial charge is 0.237 e. The molecule has 2 atom stereocenters. The summed E-state index contributed by atoms with van der Waals surface area (Å²) in [5.41, 5.74) is 5.78. The van der Waals surface area contributed by atoms with Crippen LogP contribution in [0, 0.1) is 5.92 Å². The molecule has 0 saturated heterocycles. The zero-order chi connectivity index (χ0) is 11.8. The maximum atomic E-state index is 11.6. The minimum absolute atomic E-state index is 0.0205. The lowest BCUT2D eigenvalue weighted by Crippen LogP contribution is -2.45. The predicted molar refractivity (Wildman–Crippen MR) is 68.0 cm³/mol. The summed E-state index contributed by atoms with van der Waals surface area (Å²) in [6, 6.07) is -0.153. The fourth-order valence-corrected chi connectivity index (χ4v) is 1.97. The lowest BCUT2D eigenvalue weighted by molar-refractivity contribution is -0.123. The summed E-state index contributed by atoms with van der Waals surface area (Å²) in [7, 11) is 0. The average molecular weight is 232 g/mol. The number of thioether (sulfide) groups is 1. The Morgan fingerprint density at radius 3 is 2.47 bits per heavy atom. The Morgan fingerprint density at radius 2 is 2.00 bits per heavy atom. The lowest BCUT2D eigenvalue weighted by Gasteiger charge is -2.18. The van der Waals surface area contributed by atoms with E-state index in [-0.39, 0.29) is 18.0 Å². The Morgan fingerprint density at radius 1 is 1.40 bits per heavy atom. The van der Waals surface area contributed by atoms with Gasteiger partial charge in [-0.25, -0.2) is 0 Å². The van der Waals surface area contributed by atoms with Crippen molar-refractivity contribution in [2.75, 3.05) is 11.5 Å². The third-order valence-electron chi connectivity index (χ3n) is 2.02. The van der Waals surface area contributed by atoms with Crippen molar-refractivity contribution in [3.8, 4) is 0 Å². The first-order valence-electron chi connectivity index (χ1n) is 5.61. The molecule has 0 fully saturated rings. The minimum atomic E-state index is -0.362. The van der Waals surface area contributed by atoms with Crippen LogP contribution in [0.5, 0.6) is 0 Å². The molecule has 0 heterocycles. The van der Waals surface area contributed by atoms with Crippen LogP contribution < -0.4 is 11.1 Å². The highest BCUT2D eigenvalue weighted by Crippen LogP contribution is 2.04. The van der Waals surface area contributed by atoms with Crippen LogP contribution in [0.2, 0.25) is 0 Å². The normalized spacial score (nSPS) is 15.1. The van der Waals surface area contributed by atoms with Gasteiger partial charge in [0.1, 0.15) is 0 Å². The van der Waals surface area contributed by atoms with Gasteiger partial charge in [0.15, 0.2) is 0 Å². The van der Waals surface area contributed by atoms with E-state index < -0.39 is 0 Å². The van der Waals surface area contributed by atoms with Crippen LogP contribution in [-0.4, -0.2) is 29.5 Å². The number of hydrogen-bond donors (Lipinski definition) is 2. The lowest BCUT2D eigenvalue weighted by atomic mass is 10.0. The number of rotatable bonds is 7. The molecular formula is C11H24N2OS. The summed E-state index contributed by atoms with van der Waals surface area (Å²) in [6.07, 6.45) is 0.749. The quantitative estimate of drug-likeness (QED) is 0.701. The first-order valence-corrected chi connectivity index (χ1v) is 6.76. The van der Waals surface area contributed by atoms with Crippen LogP contribution in [0.15, 0.2) is 0 Å². The van der Waals surface area contributed by atoms with E-state index in [1.54, 1.807) is 0 Å². The van der Waals surface area contributed by atoms with Crippen molar-refractivity contribution in [3.63, 3.8) is 0 Å². The van der Waals surface area contributed by atoms with E-state index >= 15 is 0 Å². The van der Waals surface area contributed by atoms with Gasteiger partial charge in [0.05, 0.1) is 6.04 Å². The number of nitrogens with two attached hydrogens (primary N) is 1. The third kappa shape index (κ3) is 7.68. The van der Waals surface area contributed by atoms with Crippen molar-refractivity contribution < 1.29 is 4.79 Å². The van der Waals surface area contributed by atoms with Crippen molar-refractivity contribution in [2.24, 2.45) is 11.7 Å². The highest BCUT2D eigenvalue weighted by Gasteiger charge is 2.16. The molecule has 90 valence electrons. The van der Waals surface area contributed by atoms with Crippen LogP contribution >= 0.6 is 11.8 Å². The van der Waals surface area contributed by atoms with Crippen molar-refractivity contribution in [1.29, 1.82) is 0 Å². The van der Waals surface area contributed by atoms with Crippen LogP contribution in [0.25, 0.3) is 0 Å². The molecule has 0 aromatic carbocycles. The fraction of sp³-hybridized carbons (Fsp3) is 0.909. The minimum Gasteiger partial charge on any atom is -0.351 e. The van der Waals surface area contributed by atoms with E-state index in [2.05, 4.69) is 26.1 Å². The first-order chi connectivity index (χ1) is 6.97. The predicted octanol–water partition coefficient (Wildman–Crippen LogP) is 1.62. The van der Waals surface area contributed by atoms with Crippen molar-refractivity contribution >= 4 is 17.7 Å². The summed E-state index contributed by atoms with van der Waals surface area (Å²) >= 11 is 1.83. The molecule has 0 radical (unpaired) electrons. The number of carbonyl (C=O) groups is 1. The van der Waals surface area contributed by atoms with E-state index in [4.69, 9.17) is 5.73 Å². The van der Waals surface area contributed by atoms with Crippen molar-refractivity contribution in [3.05, 3.63) is 0 Å². The second-order valence-electron chi connectivity index (χ2n) is 4.31. The van der Waals surface area contributed by atoms with Crippen molar-refractivity contribution in [2.45, 2.75) is 46.2 Å². The van der Waals surface area contributed by atoms with Gasteiger partial charge in [0, 0.05) is 11.8 Å². The molecule has 0 aliphatic carbocycles. The van der Waals surface area contributed by atoms with Gasteiger partial charge in [-0.2, -0.15) is 11.8 Å². The Hall–Kier alpha value is -0.220. The highest BCUT2D eigenvalue weighted by atomic mass is 32.2. The van der Waals surface area contributed by atoms with Gasteiger partial charge in [-0.05, 0) is 25.0 Å². The largest absolute Gasteiger partial charge is 0.351 e. The van der Waals surface area contributed by atoms with E-state index in [9.17, 15) is 4.79 Å². The van der Waals surface area contributed by atoms with Gasteiger partial charge in [-0.1, -0.05) is 20.8 Å². The second kappa shape index (κ2) is 7.99. The summed E-state index contributed by atoms with van der Waals surface area (Å²) in [6.45, 7) is 8.28. The molecule has 0 aliphatic heterocycles. The second-order valence-corrected chi connectivity index (χ2v) is 5.62. The standard InChI is InChI=1S/C11H24N2OS/c1-5-15-7-9(4)13-11(14)10(12)6-8(2)3/h8-10H,5-7,12H2,1-4H3,(H,13,14). The number of carbonyl (C=O) groups excluding carboxylic acids is 1. The van der Waals surface area contributed by atoms with E-state index in [0.29, 0.717) is 5.92 Å². The van der Waals surface area contributed by atoms with Crippen LogP contribution in [-0.2, 0) is 4.79 Å². The molecule has 15 heavy (non-hydrogen) atoms. The van der Waals surface area contributed by atoms with Crippen molar-refractivity contribution in [1.82, 2.24) is 5.32 Å². The van der Waals surface area contributed by atoms with Crippen LogP contribution in [0.4, 0.5) is 0 Å². The molecule has 0 spiro atoms. The third-order valence-corrected chi connectivity index (χ3v) is 3.17. The maximum Gasteiger partial charge on any atom is 0.237 e. The molecule has 0 aliphatic rings. The highest BCUT2D eigenvalue weighted by molar-refractivity contribution is 7.99. The molecule has 0 saturated carbocycles. The van der Waals surface area contributed by atoms with Gasteiger partial charge < -0.3 is 11.1 Å². The Bertz CT molecular complexity index is 185. The zero-order valence-corrected chi connectivity index (χ0v) is 11.1. The Kier molecular flexibility index (Phi) is 7.88. The number of hydrogen-bond acceptors (Lipinski definition) is 3. The molecular weight excluding hydrogens is 208 g/mol. The van der Waals surface area contributed by atoms with Crippen LogP contribution in [0.3, 0.4) is 0 Å². The topological polar surface area (TPSA) is 55.1 Å². The molecule has 4 heteroatoms. The molecule has 0 bridgehead atoms. The summed E-state index contributed by atoms with van der Waals surface area (Å²) in [5.74, 6) is 2.48. The summed E-state index contributed by atoms with van der Waals surface area (Å²) < 4.78 is 0. The van der Waals surface area contributed by atoms with Gasteiger partial charge in [-0.3, -0.25) is 4.79 Å². The van der Waals surface area contributed by atoms with Gasteiger partial charge in [0.2, 0.25) is 5.91 Å². The SMILES string of the molecule is CCSCC(C)NC(=O)C(N)CC(C)C. The average Bonchev–Trinajstić information content (AvgIpc) is 2.13. The summed E-state index contributed by atoms with van der Waals surface area (Å²) in [5, 5.41) is 2.94. The van der Waals surface area contributed by atoms with E-state index in [1.807, 2.05) is 18.7 Å². The Labute approximate surface area is 97.6 Å².